The summed E-state index contributed by atoms with van der Waals surface area (Å²) in [6.07, 6.45) is -3.68. The summed E-state index contributed by atoms with van der Waals surface area (Å²) in [5.74, 6) is -0.934. The van der Waals surface area contributed by atoms with Crippen LogP contribution < -0.4 is 44.3 Å². The fraction of sp³-hybridized carbons (Fsp3) is 0.267. The van der Waals surface area contributed by atoms with Gasteiger partial charge in [0.05, 0.1) is 33.0 Å². The van der Waals surface area contributed by atoms with Crippen LogP contribution in [0.4, 0.5) is 23.9 Å². The van der Waals surface area contributed by atoms with Crippen molar-refractivity contribution in [3.8, 4) is 11.8 Å². The third-order valence-electron chi connectivity index (χ3n) is 2.96. The molecule has 0 unspecified atom stereocenters. The van der Waals surface area contributed by atoms with Crippen LogP contribution >= 0.6 is 0 Å². The minimum absolute atomic E-state index is 0. The second-order valence-corrected chi connectivity index (χ2v) is 5.52. The predicted octanol–water partition coefficient (Wildman–Crippen LogP) is -0.908. The van der Waals surface area contributed by atoms with Crippen molar-refractivity contribution in [3.05, 3.63) is 35.7 Å². The largest absolute Gasteiger partial charge is 1.00 e. The molecule has 0 spiro atoms. The third kappa shape index (κ3) is 9.54. The van der Waals surface area contributed by atoms with Gasteiger partial charge in [0, 0.05) is 6.20 Å². The van der Waals surface area contributed by atoms with Gasteiger partial charge in [-0.25, -0.2) is 9.59 Å². The Morgan fingerprint density at radius 3 is 2.12 bits per heavy atom. The number of pyridine rings is 1. The Labute approximate surface area is 204 Å². The fourth-order valence-electron chi connectivity index (χ4n) is 1.76. The number of alkyl halides is 3. The number of hydrogen-bond donors (Lipinski definition) is 1. The first-order chi connectivity index (χ1) is 14.5. The first-order valence-corrected chi connectivity index (χ1v) is 8.74. The van der Waals surface area contributed by atoms with Crippen molar-refractivity contribution in [3.63, 3.8) is 0 Å². The summed E-state index contributed by atoms with van der Waals surface area (Å²) < 4.78 is 73.6. The number of anilines is 1. The van der Waals surface area contributed by atoms with Crippen LogP contribution in [0.15, 0.2) is 28.8 Å². The van der Waals surface area contributed by atoms with Crippen molar-refractivity contribution in [2.75, 3.05) is 26.6 Å². The molecule has 0 aliphatic heterocycles. The van der Waals surface area contributed by atoms with Crippen LogP contribution in [0.2, 0.25) is 0 Å². The predicted molar refractivity (Wildman–Crippen MR) is 97.2 cm³/mol. The molecule has 0 atom stereocenters. The van der Waals surface area contributed by atoms with Crippen LogP contribution in [0.5, 0.6) is 11.8 Å². The summed E-state index contributed by atoms with van der Waals surface area (Å²) in [7, 11) is 0.902. The molecule has 0 aliphatic carbocycles. The first-order valence-electron chi connectivity index (χ1n) is 7.71. The Morgan fingerprint density at radius 2 is 1.69 bits per heavy atom. The maximum Gasteiger partial charge on any atom is 1.00 e. The molecule has 2 aromatic heterocycles. The Hall–Kier alpha value is -2.82. The summed E-state index contributed by atoms with van der Waals surface area (Å²) in [5.41, 5.74) is -1.81. The SMILES string of the molecule is COC(=O)c1cccnc1C(F)(F)F.COc1cc(OC)nc(NC(=O)N=S(=O)=O)n1.[H-].[Na+]. The zero-order valence-electron chi connectivity index (χ0n) is 18.0. The second-order valence-electron chi connectivity index (χ2n) is 4.90. The number of aromatic nitrogens is 3. The van der Waals surface area contributed by atoms with Crippen molar-refractivity contribution in [1.29, 1.82) is 0 Å². The number of nitrogens with zero attached hydrogens (tertiary/aromatic N) is 4. The molecule has 2 aromatic rings. The number of nitrogens with one attached hydrogen (secondary N) is 1. The van der Waals surface area contributed by atoms with Gasteiger partial charge in [0.25, 0.3) is 0 Å². The number of hydrogen-bond acceptors (Lipinski definition) is 10. The smallest absolute Gasteiger partial charge is 1.00 e. The van der Waals surface area contributed by atoms with Crippen LogP contribution in [0.3, 0.4) is 0 Å². The van der Waals surface area contributed by atoms with Gasteiger partial charge in [0.1, 0.15) is 0 Å². The number of rotatable bonds is 4. The van der Waals surface area contributed by atoms with E-state index in [2.05, 4.69) is 24.1 Å². The topological polar surface area (TPSA) is 159 Å². The molecule has 170 valence electrons. The normalized spacial score (nSPS) is 9.81. The quantitative estimate of drug-likeness (QED) is 0.421. The maximum atomic E-state index is 12.3. The molecule has 2 heterocycles. The van der Waals surface area contributed by atoms with Gasteiger partial charge in [-0.3, -0.25) is 10.3 Å². The number of urea groups is 1. The number of halogens is 3. The second kappa shape index (κ2) is 13.6. The molecule has 1 N–H and O–H groups in total. The van der Waals surface area contributed by atoms with Crippen LogP contribution in [0, 0.1) is 0 Å². The van der Waals surface area contributed by atoms with Gasteiger partial charge in [-0.2, -0.15) is 31.6 Å². The van der Waals surface area contributed by atoms with E-state index >= 15 is 0 Å². The van der Waals surface area contributed by atoms with Crippen LogP contribution in [0.25, 0.3) is 0 Å². The van der Waals surface area contributed by atoms with Crippen LogP contribution in [-0.2, 0) is 21.4 Å². The van der Waals surface area contributed by atoms with E-state index in [4.69, 9.17) is 9.47 Å². The van der Waals surface area contributed by atoms with Gasteiger partial charge in [0.2, 0.25) is 17.7 Å². The maximum absolute atomic E-state index is 12.3. The van der Waals surface area contributed by atoms with Crippen LogP contribution in [0.1, 0.15) is 17.5 Å². The Morgan fingerprint density at radius 1 is 1.12 bits per heavy atom. The van der Waals surface area contributed by atoms with Gasteiger partial charge in [0.15, 0.2) is 5.69 Å². The van der Waals surface area contributed by atoms with Gasteiger partial charge in [-0.15, -0.1) is 0 Å². The van der Waals surface area contributed by atoms with Gasteiger partial charge < -0.3 is 15.6 Å². The summed E-state index contributed by atoms with van der Waals surface area (Å²) in [4.78, 5) is 32.5. The molecule has 0 aliphatic rings. The summed E-state index contributed by atoms with van der Waals surface area (Å²) in [6, 6.07) is 2.52. The number of methoxy groups -OCH3 is 3. The number of esters is 1. The standard InChI is InChI=1S/C8H6F3NO2.C7H8N4O5S.Na.H/c1-14-7(13)5-3-2-4-12-6(5)8(9,10)11;1-15-4-3-5(16-2)9-6(8-4)10-7(12)11-17(13)14;;/h2-4H,1H3;3H,1-2H3,(H,8,9,10,12);;/q;;+1;-1. The van der Waals surface area contributed by atoms with E-state index in [0.29, 0.717) is 0 Å². The van der Waals surface area contributed by atoms with Crippen LogP contribution in [-0.4, -0.2) is 56.7 Å². The van der Waals surface area contributed by atoms with Crippen molar-refractivity contribution >= 4 is 28.4 Å². The molecule has 2 rings (SSSR count). The van der Waals surface area contributed by atoms with Crippen molar-refractivity contribution in [2.24, 2.45) is 4.36 Å². The Bertz CT molecular complexity index is 1060. The number of carbonyl (C=O) groups is 2. The number of ether oxygens (including phenoxy) is 3. The number of carbonyl (C=O) groups excluding carboxylic acids is 2. The average Bonchev–Trinajstić information content (AvgIpc) is 2.72. The van der Waals surface area contributed by atoms with Crippen molar-refractivity contribution in [1.82, 2.24) is 15.0 Å². The first kappa shape index (κ1) is 29.2. The Kier molecular flexibility index (Phi) is 12.4. The monoisotopic (exact) mass is 489 g/mol. The van der Waals surface area contributed by atoms with Gasteiger partial charge in [-0.05, 0) is 12.1 Å². The number of amides is 2. The molecule has 0 bridgehead atoms. The molecule has 2 amide bonds. The minimum atomic E-state index is -4.65. The van der Waals surface area contributed by atoms with Gasteiger partial charge >= 0.3 is 58.2 Å². The van der Waals surface area contributed by atoms with Gasteiger partial charge in [-0.1, -0.05) is 4.36 Å². The molecule has 0 saturated carbocycles. The van der Waals surface area contributed by atoms with E-state index in [-0.39, 0.29) is 48.7 Å². The molecule has 32 heavy (non-hydrogen) atoms. The van der Waals surface area contributed by atoms with Crippen molar-refractivity contribution < 1.29 is 76.4 Å². The molecule has 0 aromatic carbocycles. The van der Waals surface area contributed by atoms with E-state index in [9.17, 15) is 31.2 Å². The summed E-state index contributed by atoms with van der Waals surface area (Å²) in [6.45, 7) is 0. The van der Waals surface area contributed by atoms with E-state index in [1.165, 1.54) is 26.4 Å². The molecular weight excluding hydrogens is 474 g/mol. The molecule has 0 fully saturated rings. The molecule has 0 radical (unpaired) electrons. The molecular formula is C15H15F3N5NaO7S. The van der Waals surface area contributed by atoms with E-state index < -0.39 is 39.9 Å². The molecule has 0 saturated heterocycles. The summed E-state index contributed by atoms with van der Waals surface area (Å²) >= 11 is 0. The fourth-order valence-corrected chi connectivity index (χ4v) is 1.94. The summed E-state index contributed by atoms with van der Waals surface area (Å²) in [5, 5.41) is 2.04. The average molecular weight is 489 g/mol. The zero-order chi connectivity index (χ0) is 23.6. The Balaban J connectivity index is 0. The molecule has 17 heteroatoms. The molecule has 12 nitrogen and oxygen atoms in total. The van der Waals surface area contributed by atoms with E-state index in [1.807, 2.05) is 5.32 Å². The minimum Gasteiger partial charge on any atom is -1.00 e. The van der Waals surface area contributed by atoms with Crippen molar-refractivity contribution in [2.45, 2.75) is 6.18 Å². The zero-order valence-corrected chi connectivity index (χ0v) is 19.8. The van der Waals surface area contributed by atoms with E-state index in [0.717, 1.165) is 19.4 Å². The third-order valence-corrected chi connectivity index (χ3v) is 3.27. The van der Waals surface area contributed by atoms with E-state index in [1.54, 1.807) is 0 Å².